The molecule has 0 N–H and O–H groups in total. The molecular formula is C14H30O4Ti. The monoisotopic (exact) mass is 310 g/mol. The van der Waals surface area contributed by atoms with E-state index in [-0.39, 0.29) is 11.6 Å². The fourth-order valence-electron chi connectivity index (χ4n) is 0.558. The molecule has 0 fully saturated rings. The van der Waals surface area contributed by atoms with E-state index in [1.165, 1.54) is 53.4 Å². The average Bonchev–Trinajstić information content (AvgIpc) is 2.26. The third-order valence-corrected chi connectivity index (χ3v) is 2.32. The molecule has 19 heavy (non-hydrogen) atoms. The molecule has 0 saturated carbocycles. The number of carbonyl (C=O) groups is 2. The van der Waals surface area contributed by atoms with Gasteiger partial charge in [-0.1, -0.05) is 0 Å². The van der Waals surface area contributed by atoms with Crippen molar-refractivity contribution in [3.8, 4) is 0 Å². The molecule has 114 valence electrons. The molecule has 0 aliphatic heterocycles. The molecule has 0 aromatic carbocycles. The molecule has 0 amide bonds. The Balaban J connectivity index is -0.000000264. The molecule has 0 aliphatic rings. The second kappa shape index (κ2) is 23.1. The van der Waals surface area contributed by atoms with Crippen molar-refractivity contribution in [1.82, 2.24) is 0 Å². The van der Waals surface area contributed by atoms with Gasteiger partial charge in [-0.25, -0.2) is 0 Å². The Hall–Kier alpha value is -0.0257. The first-order valence-corrected chi connectivity index (χ1v) is 8.08. The van der Waals surface area contributed by atoms with Gasteiger partial charge in [-0.2, -0.15) is 0 Å². The molecular weight excluding hydrogens is 280 g/mol. The second-order valence-electron chi connectivity index (χ2n) is 4.30. The molecule has 0 atom stereocenters. The molecule has 4 nitrogen and oxygen atoms in total. The first kappa shape index (κ1) is 24.0. The minimum atomic E-state index is -0.519. The Morgan fingerprint density at radius 1 is 0.789 bits per heavy atom. The predicted molar refractivity (Wildman–Crippen MR) is 74.4 cm³/mol. The van der Waals surface area contributed by atoms with Crippen LogP contribution in [0.3, 0.4) is 0 Å². The summed E-state index contributed by atoms with van der Waals surface area (Å²) in [5, 5.41) is 0. The minimum absolute atomic E-state index is 0.167. The number of hydrogen-bond acceptors (Lipinski definition) is 4. The van der Waals surface area contributed by atoms with Crippen LogP contribution in [0.1, 0.15) is 67.2 Å². The van der Waals surface area contributed by atoms with Gasteiger partial charge in [0.15, 0.2) is 0 Å². The summed E-state index contributed by atoms with van der Waals surface area (Å²) in [6.07, 6.45) is 4.75. The van der Waals surface area contributed by atoms with Crippen LogP contribution < -0.4 is 0 Å². The first-order valence-electron chi connectivity index (χ1n) is 6.81. The van der Waals surface area contributed by atoms with Gasteiger partial charge < -0.3 is 9.59 Å². The first-order chi connectivity index (χ1) is 8.88. The number of Topliss-reactive ketones (excluding diaryl/α,β-unsaturated/α-hetero) is 2. The topological polar surface area (TPSA) is 52.6 Å². The van der Waals surface area contributed by atoms with Crippen LogP contribution in [0, 0.1) is 0 Å². The zero-order valence-corrected chi connectivity index (χ0v) is 14.9. The molecule has 0 heterocycles. The van der Waals surface area contributed by atoms with Gasteiger partial charge in [-0.05, 0) is 27.7 Å². The maximum atomic E-state index is 9.44. The second-order valence-corrected chi connectivity index (χ2v) is 5.47. The van der Waals surface area contributed by atoms with E-state index in [1.54, 1.807) is 0 Å². The van der Waals surface area contributed by atoms with Crippen LogP contribution in [0.2, 0.25) is 0 Å². The van der Waals surface area contributed by atoms with Crippen LogP contribution in [0.15, 0.2) is 0 Å². The van der Waals surface area contributed by atoms with E-state index in [9.17, 15) is 9.59 Å². The summed E-state index contributed by atoms with van der Waals surface area (Å²) < 4.78 is 10.6. The summed E-state index contributed by atoms with van der Waals surface area (Å²) in [6, 6.07) is 0. The summed E-state index contributed by atoms with van der Waals surface area (Å²) in [6.45, 7) is 12.2. The van der Waals surface area contributed by atoms with Gasteiger partial charge in [0.25, 0.3) is 0 Å². The predicted octanol–water partition coefficient (Wildman–Crippen LogP) is 3.72. The van der Waals surface area contributed by atoms with E-state index < -0.39 is 19.9 Å². The van der Waals surface area contributed by atoms with Crippen molar-refractivity contribution in [1.29, 1.82) is 0 Å². The number of carbonyl (C=O) groups excluding carboxylic acids is 2. The number of unbranched alkanes of at least 4 members (excludes halogenated alkanes) is 2. The van der Waals surface area contributed by atoms with Gasteiger partial charge in [0.05, 0.1) is 0 Å². The Kier molecular flexibility index (Phi) is 29.2. The Morgan fingerprint density at radius 3 is 1.26 bits per heavy atom. The van der Waals surface area contributed by atoms with Crippen molar-refractivity contribution in [3.05, 3.63) is 0 Å². The molecule has 0 aromatic heterocycles. The van der Waals surface area contributed by atoms with E-state index >= 15 is 0 Å². The fraction of sp³-hybridized carbons (Fsp3) is 0.857. The van der Waals surface area contributed by atoms with Crippen LogP contribution in [-0.4, -0.2) is 24.8 Å². The quantitative estimate of drug-likeness (QED) is 0.506. The number of hydrogen-bond donors (Lipinski definition) is 0. The Labute approximate surface area is 128 Å². The molecule has 0 unspecified atom stereocenters. The molecule has 0 rings (SSSR count). The van der Waals surface area contributed by atoms with E-state index in [2.05, 4.69) is 13.8 Å². The van der Waals surface area contributed by atoms with Crippen molar-refractivity contribution in [3.63, 3.8) is 0 Å². The third-order valence-electron chi connectivity index (χ3n) is 1.32. The third kappa shape index (κ3) is 72.1. The summed E-state index contributed by atoms with van der Waals surface area (Å²) in [5.41, 5.74) is 0. The van der Waals surface area contributed by atoms with Crippen molar-refractivity contribution in [2.24, 2.45) is 0 Å². The van der Waals surface area contributed by atoms with E-state index in [0.717, 1.165) is 13.2 Å². The van der Waals surface area contributed by atoms with Crippen molar-refractivity contribution in [2.75, 3.05) is 13.2 Å². The molecule has 0 aliphatic carbocycles. The molecule has 0 saturated heterocycles. The van der Waals surface area contributed by atoms with E-state index in [1.807, 2.05) is 0 Å². The van der Waals surface area contributed by atoms with Crippen LogP contribution >= 0.6 is 0 Å². The Morgan fingerprint density at radius 2 is 1.05 bits per heavy atom. The average molecular weight is 310 g/mol. The van der Waals surface area contributed by atoms with E-state index in [0.29, 0.717) is 0 Å². The van der Waals surface area contributed by atoms with Gasteiger partial charge in [0.1, 0.15) is 11.6 Å². The number of ketones is 2. The van der Waals surface area contributed by atoms with Gasteiger partial charge in [0, 0.05) is 0 Å². The van der Waals surface area contributed by atoms with Crippen molar-refractivity contribution < 1.29 is 36.2 Å². The zero-order chi connectivity index (χ0) is 15.5. The maximum absolute atomic E-state index is 9.44. The SMILES string of the molecule is CC(C)=O.CC(C)=O.CCCC[O][Ti][O]CCCC. The van der Waals surface area contributed by atoms with Crippen LogP contribution in [0.5, 0.6) is 0 Å². The van der Waals surface area contributed by atoms with E-state index in [4.69, 9.17) is 6.64 Å². The number of rotatable bonds is 8. The molecule has 0 radical (unpaired) electrons. The summed E-state index contributed by atoms with van der Waals surface area (Å²) in [7, 11) is 0. The molecule has 0 spiro atoms. The molecule has 0 bridgehead atoms. The molecule has 5 heteroatoms. The Bertz CT molecular complexity index is 168. The van der Waals surface area contributed by atoms with Crippen molar-refractivity contribution in [2.45, 2.75) is 67.2 Å². The van der Waals surface area contributed by atoms with Gasteiger partial charge in [-0.3, -0.25) is 0 Å². The summed E-state index contributed by atoms with van der Waals surface area (Å²) >= 11 is -0.519. The van der Waals surface area contributed by atoms with Gasteiger partial charge in [-0.15, -0.1) is 0 Å². The van der Waals surface area contributed by atoms with Crippen molar-refractivity contribution >= 4 is 11.6 Å². The zero-order valence-electron chi connectivity index (χ0n) is 13.4. The normalized spacial score (nSPS) is 8.53. The van der Waals surface area contributed by atoms with Crippen LogP contribution in [0.4, 0.5) is 0 Å². The van der Waals surface area contributed by atoms with Gasteiger partial charge in [0.2, 0.25) is 0 Å². The summed E-state index contributed by atoms with van der Waals surface area (Å²) in [5.74, 6) is 0.333. The van der Waals surface area contributed by atoms with Crippen LogP contribution in [-0.2, 0) is 36.2 Å². The fourth-order valence-corrected chi connectivity index (χ4v) is 1.40. The summed E-state index contributed by atoms with van der Waals surface area (Å²) in [4.78, 5) is 18.9. The van der Waals surface area contributed by atoms with Gasteiger partial charge >= 0.3 is 79.3 Å². The standard InChI is InChI=1S/2C4H9O.2C3H6O.Ti/c2*1-2-3-4-5;2*1-3(2)4;/h2*2-4H2,1H3;2*1-2H3;/q2*-1;;;+2. The van der Waals surface area contributed by atoms with Crippen LogP contribution in [0.25, 0.3) is 0 Å². The molecule has 0 aromatic rings.